The summed E-state index contributed by atoms with van der Waals surface area (Å²) >= 11 is 0. The van der Waals surface area contributed by atoms with Gasteiger partial charge in [-0.25, -0.2) is 0 Å². The minimum absolute atomic E-state index is 0.136. The van der Waals surface area contributed by atoms with Crippen LogP contribution in [0.4, 0.5) is 0 Å². The fourth-order valence-electron chi connectivity index (χ4n) is 3.11. The lowest BCUT2D eigenvalue weighted by Gasteiger charge is -2.40. The predicted molar refractivity (Wildman–Crippen MR) is 82.5 cm³/mol. The zero-order chi connectivity index (χ0) is 15.4. The van der Waals surface area contributed by atoms with Crippen LogP contribution in [0, 0.1) is 11.3 Å². The van der Waals surface area contributed by atoms with Crippen molar-refractivity contribution in [2.24, 2.45) is 11.3 Å². The van der Waals surface area contributed by atoms with Crippen molar-refractivity contribution in [2.75, 3.05) is 13.2 Å². The number of hydrogen-bond acceptors (Lipinski definition) is 3. The Morgan fingerprint density at radius 2 is 2.10 bits per heavy atom. The fourth-order valence-corrected chi connectivity index (χ4v) is 3.11. The molecule has 0 aliphatic heterocycles. The number of aliphatic hydroxyl groups excluding tert-OH is 1. The topological polar surface area (TPSA) is 38.7 Å². The smallest absolute Gasteiger partial charge is 0.116 e. The van der Waals surface area contributed by atoms with Crippen molar-refractivity contribution in [1.29, 1.82) is 0 Å². The van der Waals surface area contributed by atoms with E-state index in [0.717, 1.165) is 0 Å². The van der Waals surface area contributed by atoms with Gasteiger partial charge in [-0.3, -0.25) is 0 Å². The minimum Gasteiger partial charge on any atom is -0.493 e. The summed E-state index contributed by atoms with van der Waals surface area (Å²) in [7, 11) is 0. The molecule has 1 fully saturated rings. The summed E-state index contributed by atoms with van der Waals surface area (Å²) in [5.74, 6) is 1.02. The SMILES string of the molecule is C=C(CO)OCC(C)(C)OC(C)C1CCCC(C)(C)C1. The molecule has 1 rings (SSSR count). The van der Waals surface area contributed by atoms with Crippen molar-refractivity contribution in [1.82, 2.24) is 0 Å². The van der Waals surface area contributed by atoms with Gasteiger partial charge in [-0.15, -0.1) is 0 Å². The highest BCUT2D eigenvalue weighted by Gasteiger charge is 2.34. The molecule has 0 bridgehead atoms. The minimum atomic E-state index is -0.362. The maximum Gasteiger partial charge on any atom is 0.116 e. The molecule has 118 valence electrons. The Hall–Kier alpha value is -0.540. The average Bonchev–Trinajstić information content (AvgIpc) is 2.34. The van der Waals surface area contributed by atoms with Gasteiger partial charge in [-0.1, -0.05) is 26.8 Å². The van der Waals surface area contributed by atoms with Crippen LogP contribution in [0.15, 0.2) is 12.3 Å². The van der Waals surface area contributed by atoms with Gasteiger partial charge in [0.15, 0.2) is 0 Å². The van der Waals surface area contributed by atoms with E-state index in [1.165, 1.54) is 25.7 Å². The first kappa shape index (κ1) is 17.5. The normalized spacial score (nSPS) is 24.2. The molecular weight excluding hydrogens is 252 g/mol. The van der Waals surface area contributed by atoms with Gasteiger partial charge in [0.1, 0.15) is 12.4 Å². The van der Waals surface area contributed by atoms with Gasteiger partial charge in [-0.05, 0) is 51.4 Å². The second-order valence-corrected chi connectivity index (χ2v) is 7.59. The lowest BCUT2D eigenvalue weighted by atomic mass is 9.71. The lowest BCUT2D eigenvalue weighted by molar-refractivity contribution is -0.125. The van der Waals surface area contributed by atoms with Gasteiger partial charge >= 0.3 is 0 Å². The Morgan fingerprint density at radius 3 is 2.65 bits per heavy atom. The highest BCUT2D eigenvalue weighted by atomic mass is 16.6. The molecule has 0 heterocycles. The van der Waals surface area contributed by atoms with Crippen LogP contribution < -0.4 is 0 Å². The molecule has 0 aromatic carbocycles. The molecule has 0 aromatic heterocycles. The summed E-state index contributed by atoms with van der Waals surface area (Å²) in [6, 6.07) is 0. The molecule has 20 heavy (non-hydrogen) atoms. The van der Waals surface area contributed by atoms with Gasteiger partial charge in [0, 0.05) is 0 Å². The third-order valence-corrected chi connectivity index (χ3v) is 4.21. The van der Waals surface area contributed by atoms with Crippen molar-refractivity contribution in [2.45, 2.75) is 72.0 Å². The molecule has 3 heteroatoms. The van der Waals surface area contributed by atoms with Crippen molar-refractivity contribution in [3.8, 4) is 0 Å². The Kier molecular flexibility index (Phi) is 6.08. The number of ether oxygens (including phenoxy) is 2. The predicted octanol–water partition coefficient (Wildman–Crippen LogP) is 3.91. The van der Waals surface area contributed by atoms with Crippen LogP contribution in [0.3, 0.4) is 0 Å². The van der Waals surface area contributed by atoms with Gasteiger partial charge in [0.25, 0.3) is 0 Å². The largest absolute Gasteiger partial charge is 0.493 e. The maximum absolute atomic E-state index is 8.91. The van der Waals surface area contributed by atoms with E-state index in [0.29, 0.717) is 23.7 Å². The van der Waals surface area contributed by atoms with Crippen molar-refractivity contribution >= 4 is 0 Å². The summed E-state index contributed by atoms with van der Waals surface area (Å²) < 4.78 is 11.6. The molecule has 0 radical (unpaired) electrons. The van der Waals surface area contributed by atoms with Crippen LogP contribution in [0.5, 0.6) is 0 Å². The third-order valence-electron chi connectivity index (χ3n) is 4.21. The standard InChI is InChI=1S/C17H32O3/c1-13(11-18)19-12-17(5,6)20-14(2)15-8-7-9-16(3,4)10-15/h14-15,18H,1,7-12H2,2-6H3. The van der Waals surface area contributed by atoms with E-state index >= 15 is 0 Å². The molecule has 2 unspecified atom stereocenters. The maximum atomic E-state index is 8.91. The van der Waals surface area contributed by atoms with Crippen LogP contribution in [-0.2, 0) is 9.47 Å². The Morgan fingerprint density at radius 1 is 1.45 bits per heavy atom. The number of hydrogen-bond donors (Lipinski definition) is 1. The first-order valence-corrected chi connectivity index (χ1v) is 7.74. The quantitative estimate of drug-likeness (QED) is 0.720. The molecule has 0 amide bonds. The van der Waals surface area contributed by atoms with E-state index in [-0.39, 0.29) is 18.3 Å². The van der Waals surface area contributed by atoms with E-state index in [1.54, 1.807) is 0 Å². The summed E-state index contributed by atoms with van der Waals surface area (Å²) in [5, 5.41) is 8.91. The van der Waals surface area contributed by atoms with Gasteiger partial charge < -0.3 is 14.6 Å². The van der Waals surface area contributed by atoms with Crippen LogP contribution in [0.25, 0.3) is 0 Å². The van der Waals surface area contributed by atoms with E-state index in [4.69, 9.17) is 14.6 Å². The van der Waals surface area contributed by atoms with Gasteiger partial charge in [0.2, 0.25) is 0 Å². The van der Waals surface area contributed by atoms with E-state index < -0.39 is 0 Å². The van der Waals surface area contributed by atoms with Crippen LogP contribution in [-0.4, -0.2) is 30.0 Å². The molecule has 1 aliphatic rings. The van der Waals surface area contributed by atoms with Crippen LogP contribution >= 0.6 is 0 Å². The average molecular weight is 284 g/mol. The number of aliphatic hydroxyl groups is 1. The summed E-state index contributed by atoms with van der Waals surface area (Å²) in [4.78, 5) is 0. The van der Waals surface area contributed by atoms with E-state index in [1.807, 2.05) is 13.8 Å². The molecule has 2 atom stereocenters. The first-order valence-electron chi connectivity index (χ1n) is 7.74. The monoisotopic (exact) mass is 284 g/mol. The fraction of sp³-hybridized carbons (Fsp3) is 0.882. The van der Waals surface area contributed by atoms with Crippen molar-refractivity contribution < 1.29 is 14.6 Å². The van der Waals surface area contributed by atoms with Crippen LogP contribution in [0.1, 0.15) is 60.3 Å². The van der Waals surface area contributed by atoms with Crippen molar-refractivity contribution in [3.63, 3.8) is 0 Å². The highest BCUT2D eigenvalue weighted by molar-refractivity contribution is 4.86. The lowest BCUT2D eigenvalue weighted by Crippen LogP contribution is -2.39. The van der Waals surface area contributed by atoms with E-state index in [9.17, 15) is 0 Å². The highest BCUT2D eigenvalue weighted by Crippen LogP contribution is 2.41. The van der Waals surface area contributed by atoms with Gasteiger partial charge in [0.05, 0.1) is 18.3 Å². The zero-order valence-corrected chi connectivity index (χ0v) is 13.9. The second kappa shape index (κ2) is 6.95. The molecule has 3 nitrogen and oxygen atoms in total. The molecule has 1 saturated carbocycles. The Balaban J connectivity index is 2.47. The van der Waals surface area contributed by atoms with E-state index in [2.05, 4.69) is 27.4 Å². The first-order chi connectivity index (χ1) is 9.15. The van der Waals surface area contributed by atoms with Crippen molar-refractivity contribution in [3.05, 3.63) is 12.3 Å². The third kappa shape index (κ3) is 5.84. The summed E-state index contributed by atoms with van der Waals surface area (Å²) in [6.45, 7) is 14.9. The summed E-state index contributed by atoms with van der Waals surface area (Å²) in [5.41, 5.74) is 0.0749. The van der Waals surface area contributed by atoms with Crippen LogP contribution in [0.2, 0.25) is 0 Å². The Labute approximate surface area is 124 Å². The molecular formula is C17H32O3. The molecule has 1 aliphatic carbocycles. The molecule has 0 saturated heterocycles. The number of rotatable bonds is 7. The summed E-state index contributed by atoms with van der Waals surface area (Å²) in [6.07, 6.45) is 5.33. The Bertz CT molecular complexity index is 320. The zero-order valence-electron chi connectivity index (χ0n) is 13.9. The molecule has 0 aromatic rings. The van der Waals surface area contributed by atoms with Gasteiger partial charge in [-0.2, -0.15) is 0 Å². The second-order valence-electron chi connectivity index (χ2n) is 7.59. The molecule has 1 N–H and O–H groups in total. The molecule has 0 spiro atoms.